The molecule has 2 aromatic carbocycles. The lowest BCUT2D eigenvalue weighted by atomic mass is 10.1. The van der Waals surface area contributed by atoms with Crippen molar-refractivity contribution < 1.29 is 14.3 Å². The molecule has 0 radical (unpaired) electrons. The normalized spacial score (nSPS) is 10.5. The van der Waals surface area contributed by atoms with Crippen LogP contribution in [0, 0.1) is 13.8 Å². The smallest absolute Gasteiger partial charge is 0.224 e. The van der Waals surface area contributed by atoms with E-state index in [-0.39, 0.29) is 11.7 Å². The second kappa shape index (κ2) is 9.19. The zero-order valence-corrected chi connectivity index (χ0v) is 17.3. The minimum absolute atomic E-state index is 0.0337. The second-order valence-corrected chi connectivity index (χ2v) is 7.25. The summed E-state index contributed by atoms with van der Waals surface area (Å²) < 4.78 is 6.61. The molecule has 0 unspecified atom stereocenters. The molecule has 26 heavy (non-hydrogen) atoms. The molecular formula is C20H21BrClNO3. The van der Waals surface area contributed by atoms with Crippen molar-refractivity contribution in [2.24, 2.45) is 0 Å². The highest BCUT2D eigenvalue weighted by molar-refractivity contribution is 9.10. The van der Waals surface area contributed by atoms with E-state index in [9.17, 15) is 9.59 Å². The number of ether oxygens (including phenoxy) is 1. The molecule has 1 amide bonds. The van der Waals surface area contributed by atoms with Crippen LogP contribution in [-0.4, -0.2) is 18.3 Å². The summed E-state index contributed by atoms with van der Waals surface area (Å²) in [6.45, 7) is 5.77. The zero-order chi connectivity index (χ0) is 19.3. The lowest BCUT2D eigenvalue weighted by Gasteiger charge is -2.13. The molecule has 138 valence electrons. The number of carbonyl (C=O) groups excluding carboxylic acids is 2. The first-order chi connectivity index (χ1) is 12.3. The first-order valence-electron chi connectivity index (χ1n) is 8.28. The van der Waals surface area contributed by atoms with Crippen LogP contribution in [0.15, 0.2) is 34.8 Å². The van der Waals surface area contributed by atoms with E-state index in [2.05, 4.69) is 21.2 Å². The Morgan fingerprint density at radius 3 is 2.65 bits per heavy atom. The number of rotatable bonds is 7. The summed E-state index contributed by atoms with van der Waals surface area (Å²) in [5.74, 6) is 0.574. The summed E-state index contributed by atoms with van der Waals surface area (Å²) >= 11 is 9.70. The fourth-order valence-electron chi connectivity index (χ4n) is 2.46. The molecule has 0 aliphatic heterocycles. The van der Waals surface area contributed by atoms with E-state index >= 15 is 0 Å². The molecule has 0 bridgehead atoms. The van der Waals surface area contributed by atoms with Crippen LogP contribution in [-0.2, 0) is 4.79 Å². The molecule has 0 atom stereocenters. The maximum atomic E-state index is 12.0. The highest BCUT2D eigenvalue weighted by Crippen LogP contribution is 2.35. The van der Waals surface area contributed by atoms with Crippen molar-refractivity contribution in [2.75, 3.05) is 11.9 Å². The Balaban J connectivity index is 1.84. The minimum atomic E-state index is -0.114. The average molecular weight is 439 g/mol. The van der Waals surface area contributed by atoms with Gasteiger partial charge in [-0.15, -0.1) is 0 Å². The van der Waals surface area contributed by atoms with Gasteiger partial charge < -0.3 is 10.1 Å². The van der Waals surface area contributed by atoms with Crippen LogP contribution in [0.4, 0.5) is 5.69 Å². The lowest BCUT2D eigenvalue weighted by molar-refractivity contribution is -0.116. The molecule has 0 saturated heterocycles. The number of benzene rings is 2. The van der Waals surface area contributed by atoms with Crippen LogP contribution >= 0.6 is 27.5 Å². The fraction of sp³-hybridized carbons (Fsp3) is 0.300. The predicted octanol–water partition coefficient (Wildman–Crippen LogP) is 5.72. The number of amides is 1. The van der Waals surface area contributed by atoms with Crippen molar-refractivity contribution >= 4 is 44.9 Å². The van der Waals surface area contributed by atoms with Gasteiger partial charge >= 0.3 is 0 Å². The third-order valence-electron chi connectivity index (χ3n) is 3.93. The molecule has 1 N–H and O–H groups in total. The van der Waals surface area contributed by atoms with Crippen molar-refractivity contribution in [3.8, 4) is 5.75 Å². The van der Waals surface area contributed by atoms with Crippen molar-refractivity contribution in [1.82, 2.24) is 0 Å². The maximum Gasteiger partial charge on any atom is 0.224 e. The van der Waals surface area contributed by atoms with Gasteiger partial charge in [0.15, 0.2) is 5.78 Å². The number of Topliss-reactive ketones (excluding diaryl/α,β-unsaturated/α-hetero) is 1. The molecule has 0 aliphatic rings. The van der Waals surface area contributed by atoms with E-state index in [1.54, 1.807) is 24.3 Å². The Morgan fingerprint density at radius 2 is 1.96 bits per heavy atom. The second-order valence-electron chi connectivity index (χ2n) is 6.08. The molecule has 0 fully saturated rings. The number of ketones is 1. The Hall–Kier alpha value is -1.85. The quantitative estimate of drug-likeness (QED) is 0.444. The number of hydrogen-bond acceptors (Lipinski definition) is 3. The SMILES string of the molecule is CC(=O)c1cccc(NC(=O)CCCOc2cc(C)c(Cl)c(C)c2Br)c1. The summed E-state index contributed by atoms with van der Waals surface area (Å²) in [4.78, 5) is 23.4. The Kier molecular flexibility index (Phi) is 7.23. The van der Waals surface area contributed by atoms with E-state index < -0.39 is 0 Å². The van der Waals surface area contributed by atoms with Crippen LogP contribution in [0.5, 0.6) is 5.75 Å². The number of hydrogen-bond donors (Lipinski definition) is 1. The summed E-state index contributed by atoms with van der Waals surface area (Å²) in [6, 6.07) is 8.79. The third kappa shape index (κ3) is 5.32. The summed E-state index contributed by atoms with van der Waals surface area (Å²) in [5.41, 5.74) is 3.08. The number of nitrogens with one attached hydrogen (secondary N) is 1. The van der Waals surface area contributed by atoms with Crippen LogP contribution in [0.25, 0.3) is 0 Å². The van der Waals surface area contributed by atoms with Crippen LogP contribution in [0.1, 0.15) is 41.3 Å². The molecular weight excluding hydrogens is 418 g/mol. The summed E-state index contributed by atoms with van der Waals surface area (Å²) in [5, 5.41) is 3.52. The summed E-state index contributed by atoms with van der Waals surface area (Å²) in [6.07, 6.45) is 0.902. The van der Waals surface area contributed by atoms with Gasteiger partial charge in [0.2, 0.25) is 5.91 Å². The van der Waals surface area contributed by atoms with Crippen molar-refractivity contribution in [1.29, 1.82) is 0 Å². The number of aryl methyl sites for hydroxylation is 1. The highest BCUT2D eigenvalue weighted by atomic mass is 79.9. The molecule has 0 spiro atoms. The van der Waals surface area contributed by atoms with Gasteiger partial charge in [-0.2, -0.15) is 0 Å². The van der Waals surface area contributed by atoms with Gasteiger partial charge in [0.05, 0.1) is 11.1 Å². The van der Waals surface area contributed by atoms with E-state index in [0.29, 0.717) is 30.7 Å². The zero-order valence-electron chi connectivity index (χ0n) is 15.0. The Morgan fingerprint density at radius 1 is 1.23 bits per heavy atom. The van der Waals surface area contributed by atoms with Gasteiger partial charge in [0.1, 0.15) is 5.75 Å². The molecule has 4 nitrogen and oxygen atoms in total. The number of carbonyl (C=O) groups is 2. The predicted molar refractivity (Wildman–Crippen MR) is 108 cm³/mol. The van der Waals surface area contributed by atoms with E-state index in [4.69, 9.17) is 16.3 Å². The summed E-state index contributed by atoms with van der Waals surface area (Å²) in [7, 11) is 0. The monoisotopic (exact) mass is 437 g/mol. The average Bonchev–Trinajstić information content (AvgIpc) is 2.61. The van der Waals surface area contributed by atoms with E-state index in [1.165, 1.54) is 6.92 Å². The number of halogens is 2. The molecule has 2 aromatic rings. The van der Waals surface area contributed by atoms with Gasteiger partial charge in [0.25, 0.3) is 0 Å². The lowest BCUT2D eigenvalue weighted by Crippen LogP contribution is -2.13. The molecule has 0 saturated carbocycles. The number of anilines is 1. The molecule has 0 heterocycles. The standard InChI is InChI=1S/C20H21BrClNO3/c1-12-10-17(19(21)13(2)20(12)22)26-9-5-8-18(25)23-16-7-4-6-15(11-16)14(3)24/h4,6-7,10-11H,5,8-9H2,1-3H3,(H,23,25). The molecule has 0 aliphatic carbocycles. The van der Waals surface area contributed by atoms with Gasteiger partial charge in [-0.1, -0.05) is 23.7 Å². The molecule has 2 rings (SSSR count). The highest BCUT2D eigenvalue weighted by Gasteiger charge is 2.11. The topological polar surface area (TPSA) is 55.4 Å². The first-order valence-corrected chi connectivity index (χ1v) is 9.45. The largest absolute Gasteiger partial charge is 0.492 e. The van der Waals surface area contributed by atoms with Crippen LogP contribution < -0.4 is 10.1 Å². The maximum absolute atomic E-state index is 12.0. The molecule has 0 aromatic heterocycles. The van der Waals surface area contributed by atoms with Crippen molar-refractivity contribution in [3.05, 3.63) is 56.5 Å². The van der Waals surface area contributed by atoms with Gasteiger partial charge in [-0.05, 0) is 72.4 Å². The first kappa shape index (κ1) is 20.5. The van der Waals surface area contributed by atoms with Crippen molar-refractivity contribution in [3.63, 3.8) is 0 Å². The van der Waals surface area contributed by atoms with Crippen LogP contribution in [0.3, 0.4) is 0 Å². The Bertz CT molecular complexity index is 836. The van der Waals surface area contributed by atoms with Gasteiger partial charge in [-0.25, -0.2) is 0 Å². The fourth-order valence-corrected chi connectivity index (χ4v) is 3.15. The van der Waals surface area contributed by atoms with E-state index in [1.807, 2.05) is 19.9 Å². The van der Waals surface area contributed by atoms with Gasteiger partial charge in [-0.3, -0.25) is 9.59 Å². The third-order valence-corrected chi connectivity index (χ3v) is 5.49. The Labute approximate surface area is 167 Å². The van der Waals surface area contributed by atoms with Crippen LogP contribution in [0.2, 0.25) is 5.02 Å². The minimum Gasteiger partial charge on any atom is -0.492 e. The van der Waals surface area contributed by atoms with E-state index in [0.717, 1.165) is 26.4 Å². The van der Waals surface area contributed by atoms with Crippen molar-refractivity contribution in [2.45, 2.75) is 33.6 Å². The molecule has 6 heteroatoms. The van der Waals surface area contributed by atoms with Gasteiger partial charge in [0, 0.05) is 22.7 Å².